The molecule has 0 saturated carbocycles. The molecule has 1 nitrogen and oxygen atoms in total. The predicted molar refractivity (Wildman–Crippen MR) is 85.5 cm³/mol. The van der Waals surface area contributed by atoms with Crippen LogP contribution >= 0.6 is 0 Å². The van der Waals surface area contributed by atoms with Crippen molar-refractivity contribution in [2.45, 2.75) is 12.8 Å². The first-order valence-electron chi connectivity index (χ1n) is 7.39. The SMILES string of the molecule is C=C1/C(=C\[c-]2cccc2)N2CCC1CC2.[Fe+2].c1cc[cH-]c1. The molecule has 0 spiro atoms. The Kier molecular flexibility index (Phi) is 5.66. The summed E-state index contributed by atoms with van der Waals surface area (Å²) < 4.78 is 0. The van der Waals surface area contributed by atoms with Crippen molar-refractivity contribution in [3.63, 3.8) is 0 Å². The van der Waals surface area contributed by atoms with Crippen LogP contribution in [-0.2, 0) is 17.1 Å². The monoisotopic (exact) mass is 319 g/mol. The van der Waals surface area contributed by atoms with Crippen LogP contribution in [0.1, 0.15) is 18.4 Å². The smallest absolute Gasteiger partial charge is 0.409 e. The van der Waals surface area contributed by atoms with Gasteiger partial charge >= 0.3 is 17.1 Å². The van der Waals surface area contributed by atoms with Gasteiger partial charge in [-0.25, -0.2) is 12.1 Å². The van der Waals surface area contributed by atoms with E-state index in [0.717, 1.165) is 5.92 Å². The van der Waals surface area contributed by atoms with E-state index in [-0.39, 0.29) is 17.1 Å². The maximum Gasteiger partial charge on any atom is 2.00 e. The van der Waals surface area contributed by atoms with Crippen molar-refractivity contribution < 1.29 is 17.1 Å². The Bertz CT molecular complexity index is 538. The number of piperidine rings is 3. The molecule has 0 atom stereocenters. The molecule has 3 aliphatic rings. The average molecular weight is 319 g/mol. The molecule has 0 aliphatic carbocycles. The van der Waals surface area contributed by atoms with Gasteiger partial charge in [0.25, 0.3) is 0 Å². The van der Waals surface area contributed by atoms with Gasteiger partial charge in [0.05, 0.1) is 0 Å². The third-order valence-corrected chi connectivity index (χ3v) is 4.20. The number of allylic oxidation sites excluding steroid dienone is 1. The van der Waals surface area contributed by atoms with Crippen LogP contribution in [0.5, 0.6) is 0 Å². The summed E-state index contributed by atoms with van der Waals surface area (Å²) >= 11 is 0. The minimum Gasteiger partial charge on any atom is -0.409 e. The summed E-state index contributed by atoms with van der Waals surface area (Å²) in [5.41, 5.74) is 4.04. The summed E-state index contributed by atoms with van der Waals surface area (Å²) in [6.07, 6.45) is 4.89. The second kappa shape index (κ2) is 7.49. The van der Waals surface area contributed by atoms with E-state index in [2.05, 4.69) is 41.8 Å². The molecule has 0 unspecified atom stereocenters. The van der Waals surface area contributed by atoms with Crippen molar-refractivity contribution in [3.05, 3.63) is 78.0 Å². The molecule has 21 heavy (non-hydrogen) atoms. The molecule has 3 heterocycles. The quantitative estimate of drug-likeness (QED) is 0.555. The van der Waals surface area contributed by atoms with Gasteiger partial charge in [-0.2, -0.15) is 30.3 Å². The number of fused-ring (bicyclic) bond motifs is 3. The van der Waals surface area contributed by atoms with Crippen molar-refractivity contribution in [1.29, 1.82) is 0 Å². The van der Waals surface area contributed by atoms with Gasteiger partial charge in [0, 0.05) is 13.1 Å². The number of nitrogens with zero attached hydrogens (tertiary/aromatic N) is 1. The fourth-order valence-corrected chi connectivity index (χ4v) is 3.03. The van der Waals surface area contributed by atoms with E-state index in [1.807, 2.05) is 30.3 Å². The van der Waals surface area contributed by atoms with Crippen LogP contribution in [0.4, 0.5) is 0 Å². The van der Waals surface area contributed by atoms with Gasteiger partial charge in [-0.3, -0.25) is 0 Å². The Labute approximate surface area is 138 Å². The zero-order valence-electron chi connectivity index (χ0n) is 12.2. The maximum absolute atomic E-state index is 4.25. The van der Waals surface area contributed by atoms with Gasteiger partial charge in [-0.1, -0.05) is 5.57 Å². The van der Waals surface area contributed by atoms with Crippen molar-refractivity contribution in [1.82, 2.24) is 4.90 Å². The molecule has 3 saturated heterocycles. The average Bonchev–Trinajstić information content (AvgIpc) is 3.19. The topological polar surface area (TPSA) is 3.24 Å². The largest absolute Gasteiger partial charge is 2.00 e. The molecule has 0 radical (unpaired) electrons. The van der Waals surface area contributed by atoms with Crippen molar-refractivity contribution in [3.8, 4) is 0 Å². The van der Waals surface area contributed by atoms with E-state index in [1.54, 1.807) is 0 Å². The van der Waals surface area contributed by atoms with Gasteiger partial charge < -0.3 is 4.90 Å². The van der Waals surface area contributed by atoms with Gasteiger partial charge in [0.2, 0.25) is 0 Å². The van der Waals surface area contributed by atoms with Crippen molar-refractivity contribution >= 4 is 6.08 Å². The van der Waals surface area contributed by atoms with E-state index in [9.17, 15) is 0 Å². The summed E-state index contributed by atoms with van der Waals surface area (Å²) in [7, 11) is 0. The van der Waals surface area contributed by atoms with Crippen LogP contribution in [0.25, 0.3) is 6.08 Å². The minimum absolute atomic E-state index is 0. The van der Waals surface area contributed by atoms with E-state index < -0.39 is 0 Å². The molecule has 2 aromatic carbocycles. The molecule has 110 valence electrons. The van der Waals surface area contributed by atoms with E-state index in [4.69, 9.17) is 0 Å². The molecular weight excluding hydrogens is 298 g/mol. The van der Waals surface area contributed by atoms with Crippen LogP contribution in [0.2, 0.25) is 0 Å². The first-order chi connectivity index (χ1) is 9.84. The fourth-order valence-electron chi connectivity index (χ4n) is 3.03. The van der Waals surface area contributed by atoms with Crippen LogP contribution in [0.3, 0.4) is 0 Å². The van der Waals surface area contributed by atoms with E-state index >= 15 is 0 Å². The summed E-state index contributed by atoms with van der Waals surface area (Å²) in [5.74, 6) is 0.746. The molecule has 2 heteroatoms. The third-order valence-electron chi connectivity index (χ3n) is 4.20. The zero-order valence-corrected chi connectivity index (χ0v) is 13.3. The van der Waals surface area contributed by atoms with Crippen LogP contribution in [0.15, 0.2) is 72.4 Å². The zero-order chi connectivity index (χ0) is 13.8. The molecule has 3 aliphatic heterocycles. The van der Waals surface area contributed by atoms with E-state index in [1.165, 1.54) is 42.8 Å². The molecular formula is C19H21FeN. The van der Waals surface area contributed by atoms with Crippen molar-refractivity contribution in [2.24, 2.45) is 5.92 Å². The predicted octanol–water partition coefficient (Wildman–Crippen LogP) is 4.43. The molecule has 5 rings (SSSR count). The Hall–Kier alpha value is -1.50. The summed E-state index contributed by atoms with van der Waals surface area (Å²) in [6.45, 7) is 6.69. The third kappa shape index (κ3) is 3.78. The second-order valence-corrected chi connectivity index (χ2v) is 5.50. The number of hydrogen-bond acceptors (Lipinski definition) is 1. The first kappa shape index (κ1) is 15.9. The van der Waals surface area contributed by atoms with Gasteiger partial charge in [0.1, 0.15) is 0 Å². The summed E-state index contributed by atoms with van der Waals surface area (Å²) in [6, 6.07) is 18.5. The minimum atomic E-state index is 0. The number of rotatable bonds is 1. The standard InChI is InChI=1S/C14H16N.C5H5.Fe/c1-11-13-6-8-15(9-7-13)14(11)10-12-4-2-3-5-12;1-2-4-5-3-1;/h2-5,10,13H,1,6-9H2;1-5H;/q2*-1;+2/b14-10+;;. The molecule has 0 aromatic heterocycles. The molecule has 3 fully saturated rings. The Morgan fingerprint density at radius 2 is 1.71 bits per heavy atom. The Morgan fingerprint density at radius 1 is 1.10 bits per heavy atom. The Balaban J connectivity index is 0.000000231. The molecule has 0 N–H and O–H groups in total. The van der Waals surface area contributed by atoms with Gasteiger partial charge in [0.15, 0.2) is 0 Å². The molecule has 2 aromatic rings. The summed E-state index contributed by atoms with van der Waals surface area (Å²) in [5, 5.41) is 0. The van der Waals surface area contributed by atoms with Crippen LogP contribution in [0, 0.1) is 5.92 Å². The van der Waals surface area contributed by atoms with Gasteiger partial charge in [-0.15, -0.1) is 30.4 Å². The van der Waals surface area contributed by atoms with Crippen LogP contribution < -0.4 is 0 Å². The van der Waals surface area contributed by atoms with Crippen molar-refractivity contribution in [2.75, 3.05) is 13.1 Å². The maximum atomic E-state index is 4.25. The second-order valence-electron chi connectivity index (χ2n) is 5.50. The van der Waals surface area contributed by atoms with E-state index in [0.29, 0.717) is 0 Å². The summed E-state index contributed by atoms with van der Waals surface area (Å²) in [4.78, 5) is 2.48. The van der Waals surface area contributed by atoms with Crippen LogP contribution in [-0.4, -0.2) is 18.0 Å². The first-order valence-corrected chi connectivity index (χ1v) is 7.39. The fraction of sp³-hybridized carbons (Fsp3) is 0.263. The molecule has 2 bridgehead atoms. The van der Waals surface area contributed by atoms with Gasteiger partial charge in [-0.05, 0) is 24.5 Å². The molecule has 0 amide bonds. The Morgan fingerprint density at radius 3 is 2.19 bits per heavy atom. The normalized spacial score (nSPS) is 19.1. The number of hydrogen-bond donors (Lipinski definition) is 0.